The molecule has 0 fully saturated rings. The van der Waals surface area contributed by atoms with Crippen LogP contribution >= 0.6 is 0 Å². The number of rotatable bonds is 7. The van der Waals surface area contributed by atoms with Gasteiger partial charge in [0.05, 0.1) is 5.75 Å². The first-order valence-electron chi connectivity index (χ1n) is 5.94. The number of aryl methyl sites for hydroxylation is 1. The highest BCUT2D eigenvalue weighted by atomic mass is 32.2. The molecule has 0 saturated heterocycles. The van der Waals surface area contributed by atoms with Gasteiger partial charge < -0.3 is 10.3 Å². The van der Waals surface area contributed by atoms with Crippen LogP contribution in [0.2, 0.25) is 0 Å². The summed E-state index contributed by atoms with van der Waals surface area (Å²) in [6.45, 7) is 4.15. The van der Waals surface area contributed by atoms with E-state index in [1.54, 1.807) is 13.1 Å². The van der Waals surface area contributed by atoms with Crippen molar-refractivity contribution in [2.45, 2.75) is 39.3 Å². The molecule has 0 bridgehead atoms. The summed E-state index contributed by atoms with van der Waals surface area (Å²) in [6, 6.07) is 0.0823. The van der Waals surface area contributed by atoms with Gasteiger partial charge in [-0.3, -0.25) is 0 Å². The number of nitrogens with zero attached hydrogens (tertiary/aromatic N) is 2. The first kappa shape index (κ1) is 14.2. The van der Waals surface area contributed by atoms with Crippen LogP contribution in [0.15, 0.2) is 12.4 Å². The average Bonchev–Trinajstić information content (AvgIpc) is 2.74. The molecule has 0 amide bonds. The summed E-state index contributed by atoms with van der Waals surface area (Å²) in [5, 5.41) is 0. The van der Waals surface area contributed by atoms with Crippen molar-refractivity contribution in [3.8, 4) is 0 Å². The highest BCUT2D eigenvalue weighted by Gasteiger charge is 2.11. The third-order valence-electron chi connectivity index (χ3n) is 2.85. The number of sulfone groups is 1. The maximum Gasteiger partial charge on any atom is 0.151 e. The first-order valence-corrected chi connectivity index (χ1v) is 7.76. The van der Waals surface area contributed by atoms with Crippen LogP contribution in [0.5, 0.6) is 0 Å². The molecule has 0 aromatic carbocycles. The molecule has 1 atom stereocenters. The summed E-state index contributed by atoms with van der Waals surface area (Å²) in [7, 11) is -2.93. The van der Waals surface area contributed by atoms with Gasteiger partial charge in [0.25, 0.3) is 0 Å². The molecule has 0 aliphatic rings. The topological polar surface area (TPSA) is 78.0 Å². The molecule has 0 aliphatic heterocycles. The molecule has 0 aliphatic carbocycles. The number of aromatic nitrogens is 2. The summed E-state index contributed by atoms with van der Waals surface area (Å²) in [4.78, 5) is 4.22. The molecule has 0 radical (unpaired) electrons. The van der Waals surface area contributed by atoms with Crippen molar-refractivity contribution in [1.82, 2.24) is 9.55 Å². The normalized spacial score (nSPS) is 13.8. The van der Waals surface area contributed by atoms with Gasteiger partial charge in [-0.25, -0.2) is 13.4 Å². The Morgan fingerprint density at radius 1 is 1.47 bits per heavy atom. The van der Waals surface area contributed by atoms with Crippen molar-refractivity contribution in [2.24, 2.45) is 5.73 Å². The van der Waals surface area contributed by atoms with Crippen LogP contribution < -0.4 is 5.73 Å². The fourth-order valence-electron chi connectivity index (χ4n) is 1.49. The van der Waals surface area contributed by atoms with Crippen LogP contribution in [-0.2, 0) is 22.8 Å². The lowest BCUT2D eigenvalue weighted by Gasteiger charge is -2.11. The van der Waals surface area contributed by atoms with Gasteiger partial charge in [0, 0.05) is 37.2 Å². The largest absolute Gasteiger partial charge is 0.334 e. The van der Waals surface area contributed by atoms with Gasteiger partial charge in [0.2, 0.25) is 0 Å². The Kier molecular flexibility index (Phi) is 5.14. The van der Waals surface area contributed by atoms with Crippen molar-refractivity contribution >= 4 is 9.84 Å². The molecule has 5 nitrogen and oxygen atoms in total. The van der Waals surface area contributed by atoms with Crippen molar-refractivity contribution in [1.29, 1.82) is 0 Å². The number of hydrogen-bond acceptors (Lipinski definition) is 4. The van der Waals surface area contributed by atoms with Gasteiger partial charge in [-0.1, -0.05) is 13.8 Å². The molecule has 2 N–H and O–H groups in total. The Balaban J connectivity index is 2.63. The van der Waals surface area contributed by atoms with Crippen LogP contribution in [0, 0.1) is 0 Å². The Morgan fingerprint density at radius 2 is 2.18 bits per heavy atom. The maximum absolute atomic E-state index is 11.4. The predicted molar refractivity (Wildman–Crippen MR) is 68.5 cm³/mol. The van der Waals surface area contributed by atoms with Crippen LogP contribution in [0.4, 0.5) is 0 Å². The van der Waals surface area contributed by atoms with E-state index < -0.39 is 9.84 Å². The molecule has 98 valence electrons. The Hall–Kier alpha value is -0.880. The summed E-state index contributed by atoms with van der Waals surface area (Å²) in [6.07, 6.45) is 5.08. The molecule has 0 saturated carbocycles. The Labute approximate surface area is 103 Å². The summed E-state index contributed by atoms with van der Waals surface area (Å²) in [5.74, 6) is 1.21. The monoisotopic (exact) mass is 259 g/mol. The summed E-state index contributed by atoms with van der Waals surface area (Å²) >= 11 is 0. The standard InChI is InChI=1S/C11H21N3O2S/c1-3-10(12)9-11-13-5-6-14(11)7-8-17(15,16)4-2/h5-6,10H,3-4,7-9,12H2,1-2H3. The van der Waals surface area contributed by atoms with E-state index in [4.69, 9.17) is 5.73 Å². The van der Waals surface area contributed by atoms with E-state index in [0.29, 0.717) is 13.0 Å². The van der Waals surface area contributed by atoms with E-state index in [0.717, 1.165) is 12.2 Å². The smallest absolute Gasteiger partial charge is 0.151 e. The van der Waals surface area contributed by atoms with Gasteiger partial charge >= 0.3 is 0 Å². The molecule has 1 heterocycles. The molecule has 6 heteroatoms. The summed E-state index contributed by atoms with van der Waals surface area (Å²) in [5.41, 5.74) is 5.87. The molecule has 1 rings (SSSR count). The van der Waals surface area contributed by atoms with E-state index in [1.807, 2.05) is 17.7 Å². The zero-order chi connectivity index (χ0) is 12.9. The maximum atomic E-state index is 11.4. The number of hydrogen-bond donors (Lipinski definition) is 1. The van der Waals surface area contributed by atoms with Crippen LogP contribution in [-0.4, -0.2) is 35.5 Å². The van der Waals surface area contributed by atoms with Gasteiger partial charge in [-0.15, -0.1) is 0 Å². The van der Waals surface area contributed by atoms with E-state index in [2.05, 4.69) is 4.98 Å². The highest BCUT2D eigenvalue weighted by molar-refractivity contribution is 7.91. The van der Waals surface area contributed by atoms with Gasteiger partial charge in [0.1, 0.15) is 5.82 Å². The number of imidazole rings is 1. The summed E-state index contributed by atoms with van der Waals surface area (Å²) < 4.78 is 24.7. The molecular weight excluding hydrogens is 238 g/mol. The third-order valence-corrected chi connectivity index (χ3v) is 4.54. The predicted octanol–water partition coefficient (Wildman–Crippen LogP) is 0.598. The first-order chi connectivity index (χ1) is 7.98. The minimum Gasteiger partial charge on any atom is -0.334 e. The lowest BCUT2D eigenvalue weighted by molar-refractivity contribution is 0.575. The van der Waals surface area contributed by atoms with Crippen molar-refractivity contribution in [3.05, 3.63) is 18.2 Å². The average molecular weight is 259 g/mol. The zero-order valence-corrected chi connectivity index (χ0v) is 11.3. The van der Waals surface area contributed by atoms with E-state index >= 15 is 0 Å². The minimum absolute atomic E-state index is 0.0823. The second-order valence-electron chi connectivity index (χ2n) is 4.15. The molecule has 1 unspecified atom stereocenters. The van der Waals surface area contributed by atoms with Crippen molar-refractivity contribution in [2.75, 3.05) is 11.5 Å². The van der Waals surface area contributed by atoms with E-state index in [-0.39, 0.29) is 17.5 Å². The third kappa shape index (κ3) is 4.47. The van der Waals surface area contributed by atoms with Crippen molar-refractivity contribution < 1.29 is 8.42 Å². The fraction of sp³-hybridized carbons (Fsp3) is 0.727. The Morgan fingerprint density at radius 3 is 2.76 bits per heavy atom. The fourth-order valence-corrected chi connectivity index (χ4v) is 2.26. The van der Waals surface area contributed by atoms with Gasteiger partial charge in [0.15, 0.2) is 9.84 Å². The Bertz CT molecular complexity index is 439. The van der Waals surface area contributed by atoms with Gasteiger partial charge in [-0.2, -0.15) is 0 Å². The molecule has 1 aromatic rings. The van der Waals surface area contributed by atoms with Crippen molar-refractivity contribution in [3.63, 3.8) is 0 Å². The lowest BCUT2D eigenvalue weighted by atomic mass is 10.1. The molecular formula is C11H21N3O2S. The lowest BCUT2D eigenvalue weighted by Crippen LogP contribution is -2.24. The highest BCUT2D eigenvalue weighted by Crippen LogP contribution is 2.04. The second kappa shape index (κ2) is 6.16. The van der Waals surface area contributed by atoms with E-state index in [9.17, 15) is 8.42 Å². The number of nitrogens with two attached hydrogens (primary N) is 1. The van der Waals surface area contributed by atoms with Crippen LogP contribution in [0.3, 0.4) is 0 Å². The van der Waals surface area contributed by atoms with Crippen LogP contribution in [0.25, 0.3) is 0 Å². The molecule has 17 heavy (non-hydrogen) atoms. The molecule has 0 spiro atoms. The SMILES string of the molecule is CCC(N)Cc1nccn1CCS(=O)(=O)CC. The quantitative estimate of drug-likeness (QED) is 0.777. The van der Waals surface area contributed by atoms with E-state index in [1.165, 1.54) is 0 Å². The van der Waals surface area contributed by atoms with Crippen LogP contribution in [0.1, 0.15) is 26.1 Å². The second-order valence-corrected chi connectivity index (χ2v) is 6.62. The van der Waals surface area contributed by atoms with Gasteiger partial charge in [-0.05, 0) is 6.42 Å². The minimum atomic E-state index is -2.93. The zero-order valence-electron chi connectivity index (χ0n) is 10.5. The molecule has 1 aromatic heterocycles.